The molecule has 0 radical (unpaired) electrons. The topological polar surface area (TPSA) is 12.0 Å². The van der Waals surface area contributed by atoms with Crippen molar-refractivity contribution in [3.05, 3.63) is 0 Å². The van der Waals surface area contributed by atoms with E-state index in [1.807, 2.05) is 0 Å². The van der Waals surface area contributed by atoms with E-state index in [1.54, 1.807) is 0 Å². The summed E-state index contributed by atoms with van der Waals surface area (Å²) < 4.78 is 0.679. The molecule has 3 aliphatic rings. The maximum Gasteiger partial charge on any atom is 0.0314 e. The lowest BCUT2D eigenvalue weighted by atomic mass is 9.68. The average Bonchev–Trinajstić information content (AvgIpc) is 2.75. The van der Waals surface area contributed by atoms with Gasteiger partial charge in [0.05, 0.1) is 0 Å². The first-order chi connectivity index (χ1) is 6.36. The highest BCUT2D eigenvalue weighted by atomic mass is 32.2. The molecule has 1 saturated heterocycles. The third-order valence-corrected chi connectivity index (χ3v) is 5.95. The first-order valence-corrected chi connectivity index (χ1v) is 6.87. The van der Waals surface area contributed by atoms with Gasteiger partial charge in [0.15, 0.2) is 0 Å². The molecule has 13 heavy (non-hydrogen) atoms. The van der Waals surface area contributed by atoms with E-state index >= 15 is 0 Å². The van der Waals surface area contributed by atoms with Gasteiger partial charge in [-0.1, -0.05) is 19.3 Å². The Balaban J connectivity index is 1.65. The minimum atomic E-state index is 0.679. The second-order valence-corrected chi connectivity index (χ2v) is 6.23. The fraction of sp³-hybridized carbons (Fsp3) is 1.00. The Morgan fingerprint density at radius 1 is 1.31 bits per heavy atom. The lowest BCUT2D eigenvalue weighted by Gasteiger charge is -2.50. The minimum Gasteiger partial charge on any atom is -0.312 e. The summed E-state index contributed by atoms with van der Waals surface area (Å²) in [4.78, 5) is 0. The molecule has 0 amide bonds. The van der Waals surface area contributed by atoms with E-state index in [0.717, 1.165) is 17.9 Å². The SMILES string of the molecule is CSC1(C2NCC2C2CCC2)CC1. The van der Waals surface area contributed by atoms with Crippen LogP contribution in [0.15, 0.2) is 0 Å². The van der Waals surface area contributed by atoms with Crippen molar-refractivity contribution in [2.45, 2.75) is 42.9 Å². The Labute approximate surface area is 85.0 Å². The van der Waals surface area contributed by atoms with Crippen LogP contribution in [0.3, 0.4) is 0 Å². The molecule has 74 valence electrons. The third kappa shape index (κ3) is 1.18. The van der Waals surface area contributed by atoms with Gasteiger partial charge >= 0.3 is 0 Å². The monoisotopic (exact) mass is 197 g/mol. The van der Waals surface area contributed by atoms with Gasteiger partial charge in [-0.15, -0.1) is 0 Å². The van der Waals surface area contributed by atoms with E-state index in [0.29, 0.717) is 4.75 Å². The molecular formula is C11H19NS. The van der Waals surface area contributed by atoms with Crippen molar-refractivity contribution in [2.75, 3.05) is 12.8 Å². The summed E-state index contributed by atoms with van der Waals surface area (Å²) in [5.41, 5.74) is 0. The molecule has 1 aliphatic heterocycles. The fourth-order valence-electron chi connectivity index (χ4n) is 3.02. The smallest absolute Gasteiger partial charge is 0.0314 e. The fourth-order valence-corrected chi connectivity index (χ4v) is 4.04. The molecule has 1 N–H and O–H groups in total. The van der Waals surface area contributed by atoms with E-state index in [9.17, 15) is 0 Å². The van der Waals surface area contributed by atoms with Gasteiger partial charge in [0.25, 0.3) is 0 Å². The first kappa shape index (κ1) is 8.60. The summed E-state index contributed by atoms with van der Waals surface area (Å²) in [6.07, 6.45) is 9.77. The van der Waals surface area contributed by atoms with Crippen LogP contribution in [-0.2, 0) is 0 Å². The molecule has 1 nitrogen and oxygen atoms in total. The minimum absolute atomic E-state index is 0.679. The molecule has 2 unspecified atom stereocenters. The number of rotatable bonds is 3. The standard InChI is InChI=1S/C11H19NS/c1-13-11(5-6-11)10-9(7-12-10)8-3-2-4-8/h8-10,12H,2-7H2,1H3. The van der Waals surface area contributed by atoms with Gasteiger partial charge in [0.2, 0.25) is 0 Å². The Hall–Kier alpha value is 0.310. The quantitative estimate of drug-likeness (QED) is 0.745. The molecule has 0 aromatic rings. The van der Waals surface area contributed by atoms with Crippen molar-refractivity contribution in [3.8, 4) is 0 Å². The summed E-state index contributed by atoms with van der Waals surface area (Å²) in [7, 11) is 0. The van der Waals surface area contributed by atoms with E-state index in [-0.39, 0.29) is 0 Å². The Kier molecular flexibility index (Phi) is 1.92. The molecule has 0 spiro atoms. The number of nitrogens with one attached hydrogen (secondary N) is 1. The summed E-state index contributed by atoms with van der Waals surface area (Å²) in [5.74, 6) is 2.14. The summed E-state index contributed by atoms with van der Waals surface area (Å²) in [6.45, 7) is 1.32. The molecule has 2 saturated carbocycles. The predicted octanol–water partition coefficient (Wildman–Crippen LogP) is 2.27. The normalized spacial score (nSPS) is 42.2. The number of thioether (sulfide) groups is 1. The molecular weight excluding hydrogens is 178 g/mol. The zero-order chi connectivity index (χ0) is 8.89. The van der Waals surface area contributed by atoms with E-state index in [1.165, 1.54) is 38.6 Å². The highest BCUT2D eigenvalue weighted by Gasteiger charge is 2.56. The van der Waals surface area contributed by atoms with Crippen LogP contribution in [0.25, 0.3) is 0 Å². The second kappa shape index (κ2) is 2.90. The zero-order valence-corrected chi connectivity index (χ0v) is 9.20. The average molecular weight is 197 g/mol. The molecule has 0 aromatic heterocycles. The highest BCUT2D eigenvalue weighted by molar-refractivity contribution is 8.00. The summed E-state index contributed by atoms with van der Waals surface area (Å²) >= 11 is 2.12. The molecule has 3 fully saturated rings. The maximum atomic E-state index is 3.68. The Morgan fingerprint density at radius 2 is 2.08 bits per heavy atom. The van der Waals surface area contributed by atoms with Crippen LogP contribution < -0.4 is 5.32 Å². The molecule has 2 heteroatoms. The second-order valence-electron chi connectivity index (χ2n) is 5.01. The van der Waals surface area contributed by atoms with Gasteiger partial charge in [-0.05, 0) is 30.9 Å². The highest BCUT2D eigenvalue weighted by Crippen LogP contribution is 2.56. The largest absolute Gasteiger partial charge is 0.312 e. The van der Waals surface area contributed by atoms with Gasteiger partial charge in [-0.3, -0.25) is 0 Å². The van der Waals surface area contributed by atoms with Crippen molar-refractivity contribution in [3.63, 3.8) is 0 Å². The van der Waals surface area contributed by atoms with Gasteiger partial charge in [-0.25, -0.2) is 0 Å². The van der Waals surface area contributed by atoms with Crippen molar-refractivity contribution >= 4 is 11.8 Å². The van der Waals surface area contributed by atoms with Gasteiger partial charge in [-0.2, -0.15) is 11.8 Å². The van der Waals surface area contributed by atoms with Crippen LogP contribution in [-0.4, -0.2) is 23.6 Å². The van der Waals surface area contributed by atoms with Crippen LogP contribution in [0.2, 0.25) is 0 Å². The van der Waals surface area contributed by atoms with Crippen molar-refractivity contribution in [2.24, 2.45) is 11.8 Å². The van der Waals surface area contributed by atoms with Crippen molar-refractivity contribution < 1.29 is 0 Å². The van der Waals surface area contributed by atoms with Crippen molar-refractivity contribution in [1.29, 1.82) is 0 Å². The molecule has 2 atom stereocenters. The molecule has 3 rings (SSSR count). The number of hydrogen-bond donors (Lipinski definition) is 1. The Morgan fingerprint density at radius 3 is 2.38 bits per heavy atom. The van der Waals surface area contributed by atoms with Crippen molar-refractivity contribution in [1.82, 2.24) is 5.32 Å². The van der Waals surface area contributed by atoms with Gasteiger partial charge in [0, 0.05) is 17.3 Å². The van der Waals surface area contributed by atoms with E-state index in [4.69, 9.17) is 0 Å². The zero-order valence-electron chi connectivity index (χ0n) is 8.38. The first-order valence-electron chi connectivity index (χ1n) is 5.64. The summed E-state index contributed by atoms with van der Waals surface area (Å²) in [6, 6.07) is 0.882. The summed E-state index contributed by atoms with van der Waals surface area (Å²) in [5, 5.41) is 3.68. The van der Waals surface area contributed by atoms with Crippen LogP contribution in [0.5, 0.6) is 0 Å². The molecule has 2 aliphatic carbocycles. The predicted molar refractivity (Wildman–Crippen MR) is 58.1 cm³/mol. The van der Waals surface area contributed by atoms with Crippen LogP contribution in [0.4, 0.5) is 0 Å². The molecule has 0 bridgehead atoms. The van der Waals surface area contributed by atoms with E-state index < -0.39 is 0 Å². The van der Waals surface area contributed by atoms with Crippen LogP contribution >= 0.6 is 11.8 Å². The Bertz CT molecular complexity index is 208. The lowest BCUT2D eigenvalue weighted by Crippen LogP contribution is -2.62. The maximum absolute atomic E-state index is 3.68. The van der Waals surface area contributed by atoms with Crippen LogP contribution in [0, 0.1) is 11.8 Å². The van der Waals surface area contributed by atoms with Crippen LogP contribution in [0.1, 0.15) is 32.1 Å². The van der Waals surface area contributed by atoms with Gasteiger partial charge < -0.3 is 5.32 Å². The lowest BCUT2D eigenvalue weighted by molar-refractivity contribution is 0.0889. The third-order valence-electron chi connectivity index (χ3n) is 4.47. The molecule has 1 heterocycles. The molecule has 0 aromatic carbocycles. The van der Waals surface area contributed by atoms with E-state index in [2.05, 4.69) is 23.3 Å². The van der Waals surface area contributed by atoms with Gasteiger partial charge in [0.1, 0.15) is 0 Å². The number of hydrogen-bond acceptors (Lipinski definition) is 2.